The molecule has 1 rings (SSSR count). The van der Waals surface area contributed by atoms with E-state index in [-0.39, 0.29) is 5.91 Å². The summed E-state index contributed by atoms with van der Waals surface area (Å²) >= 11 is 0. The van der Waals surface area contributed by atoms with Crippen LogP contribution >= 0.6 is 0 Å². The van der Waals surface area contributed by atoms with E-state index in [1.807, 2.05) is 6.92 Å². The number of imide groups is 2. The molecule has 0 aromatic rings. The van der Waals surface area contributed by atoms with E-state index in [9.17, 15) is 14.4 Å². The van der Waals surface area contributed by atoms with Crippen LogP contribution in [0.3, 0.4) is 0 Å². The van der Waals surface area contributed by atoms with Gasteiger partial charge in [-0.2, -0.15) is 0 Å². The van der Waals surface area contributed by atoms with Gasteiger partial charge in [-0.1, -0.05) is 13.3 Å². The lowest BCUT2D eigenvalue weighted by atomic mass is 9.99. The summed E-state index contributed by atoms with van der Waals surface area (Å²) < 4.78 is 0. The Kier molecular flexibility index (Phi) is 6.33. The number of urea groups is 1. The molecule has 0 aromatic carbocycles. The van der Waals surface area contributed by atoms with Gasteiger partial charge >= 0.3 is 6.03 Å². The molecule has 0 spiro atoms. The van der Waals surface area contributed by atoms with Gasteiger partial charge in [-0.05, 0) is 34.1 Å². The number of hydrogen-bond donors (Lipinski definition) is 1. The van der Waals surface area contributed by atoms with Crippen LogP contribution < -0.4 is 5.32 Å². The van der Waals surface area contributed by atoms with Crippen molar-refractivity contribution in [1.82, 2.24) is 15.1 Å². The monoisotopic (exact) mass is 297 g/mol. The molecule has 1 fully saturated rings. The van der Waals surface area contributed by atoms with E-state index in [0.717, 1.165) is 6.42 Å². The molecule has 0 radical (unpaired) electrons. The minimum Gasteiger partial charge on any atom is -0.297 e. The van der Waals surface area contributed by atoms with E-state index < -0.39 is 17.9 Å². The lowest BCUT2D eigenvalue weighted by Gasteiger charge is -2.35. The Balaban J connectivity index is 2.74. The third kappa shape index (κ3) is 4.27. The second kappa shape index (κ2) is 7.54. The van der Waals surface area contributed by atoms with Crippen LogP contribution in [0, 0.1) is 5.92 Å². The molecule has 1 unspecified atom stereocenters. The summed E-state index contributed by atoms with van der Waals surface area (Å²) in [4.78, 5) is 39.3. The molecule has 0 saturated carbocycles. The molecule has 1 N–H and O–H groups in total. The molecule has 1 saturated heterocycles. The highest BCUT2D eigenvalue weighted by Gasteiger charge is 2.39. The van der Waals surface area contributed by atoms with E-state index in [1.54, 1.807) is 0 Å². The Labute approximate surface area is 126 Å². The first-order valence-electron chi connectivity index (χ1n) is 7.71. The first-order chi connectivity index (χ1) is 9.79. The quantitative estimate of drug-likeness (QED) is 0.725. The fourth-order valence-electron chi connectivity index (χ4n) is 2.74. The standard InChI is InChI=1S/C15H27N3O3/c1-6-7-12-13(19)16-15(21)18(14(12)20)9-8-17(10(2)3)11(4)5/h10-12H,6-9H2,1-5H3,(H,16,19,21). The maximum atomic E-state index is 12.3. The zero-order chi connectivity index (χ0) is 16.2. The van der Waals surface area contributed by atoms with Gasteiger partial charge in [-0.3, -0.25) is 24.7 Å². The van der Waals surface area contributed by atoms with Gasteiger partial charge < -0.3 is 0 Å². The summed E-state index contributed by atoms with van der Waals surface area (Å²) in [6.07, 6.45) is 1.21. The second-order valence-electron chi connectivity index (χ2n) is 6.05. The van der Waals surface area contributed by atoms with E-state index in [1.165, 1.54) is 4.90 Å². The minimum atomic E-state index is -0.723. The number of carbonyl (C=O) groups excluding carboxylic acids is 3. The fourth-order valence-corrected chi connectivity index (χ4v) is 2.74. The Morgan fingerprint density at radius 2 is 1.71 bits per heavy atom. The van der Waals surface area contributed by atoms with Crippen molar-refractivity contribution in [1.29, 1.82) is 0 Å². The van der Waals surface area contributed by atoms with Gasteiger partial charge in [0.1, 0.15) is 5.92 Å². The summed E-state index contributed by atoms with van der Waals surface area (Å²) in [6, 6.07) is 0.0758. The number of rotatable bonds is 7. The number of carbonyl (C=O) groups is 3. The molecule has 21 heavy (non-hydrogen) atoms. The normalized spacial score (nSPS) is 19.9. The molecule has 0 bridgehead atoms. The molecule has 6 nitrogen and oxygen atoms in total. The predicted molar refractivity (Wildman–Crippen MR) is 80.6 cm³/mol. The smallest absolute Gasteiger partial charge is 0.297 e. The van der Waals surface area contributed by atoms with Crippen molar-refractivity contribution < 1.29 is 14.4 Å². The van der Waals surface area contributed by atoms with Crippen LogP contribution in [0.4, 0.5) is 4.79 Å². The van der Waals surface area contributed by atoms with Gasteiger partial charge in [0.15, 0.2) is 0 Å². The van der Waals surface area contributed by atoms with Crippen LogP contribution in [-0.2, 0) is 9.59 Å². The topological polar surface area (TPSA) is 69.7 Å². The largest absolute Gasteiger partial charge is 0.330 e. The number of nitrogens with zero attached hydrogens (tertiary/aromatic N) is 2. The lowest BCUT2D eigenvalue weighted by molar-refractivity contribution is -0.143. The third-order valence-corrected chi connectivity index (χ3v) is 3.84. The average Bonchev–Trinajstić information content (AvgIpc) is 2.37. The Bertz CT molecular complexity index is 399. The molecule has 4 amide bonds. The molecule has 0 aliphatic carbocycles. The van der Waals surface area contributed by atoms with Gasteiger partial charge in [-0.25, -0.2) is 4.79 Å². The van der Waals surface area contributed by atoms with Crippen LogP contribution in [0.2, 0.25) is 0 Å². The Morgan fingerprint density at radius 1 is 1.14 bits per heavy atom. The van der Waals surface area contributed by atoms with Crippen LogP contribution in [-0.4, -0.2) is 52.8 Å². The highest BCUT2D eigenvalue weighted by atomic mass is 16.2. The Hall–Kier alpha value is -1.43. The molecule has 0 aromatic heterocycles. The summed E-state index contributed by atoms with van der Waals surface area (Å²) in [5.41, 5.74) is 0. The van der Waals surface area contributed by atoms with Gasteiger partial charge in [0.2, 0.25) is 11.8 Å². The molecular weight excluding hydrogens is 270 g/mol. The second-order valence-corrected chi connectivity index (χ2v) is 6.05. The van der Waals surface area contributed by atoms with Crippen LogP contribution in [0.1, 0.15) is 47.5 Å². The summed E-state index contributed by atoms with van der Waals surface area (Å²) in [6.45, 7) is 11.2. The maximum Gasteiger partial charge on any atom is 0.330 e. The molecule has 1 aliphatic heterocycles. The first kappa shape index (κ1) is 17.6. The molecule has 1 aliphatic rings. The summed E-state index contributed by atoms with van der Waals surface area (Å²) in [5, 5.41) is 2.29. The van der Waals surface area contributed by atoms with Gasteiger partial charge in [0.05, 0.1) is 0 Å². The van der Waals surface area contributed by atoms with E-state index >= 15 is 0 Å². The van der Waals surface area contributed by atoms with E-state index in [4.69, 9.17) is 0 Å². The highest BCUT2D eigenvalue weighted by molar-refractivity contribution is 6.16. The van der Waals surface area contributed by atoms with Crippen molar-refractivity contribution in [2.45, 2.75) is 59.5 Å². The number of nitrogens with one attached hydrogen (secondary N) is 1. The van der Waals surface area contributed by atoms with Crippen molar-refractivity contribution in [3.05, 3.63) is 0 Å². The highest BCUT2D eigenvalue weighted by Crippen LogP contribution is 2.16. The SMILES string of the molecule is CCCC1C(=O)NC(=O)N(CCN(C(C)C)C(C)C)C1=O. The first-order valence-corrected chi connectivity index (χ1v) is 7.71. The fraction of sp³-hybridized carbons (Fsp3) is 0.800. The van der Waals surface area contributed by atoms with Gasteiger partial charge in [0, 0.05) is 25.2 Å². The molecule has 1 heterocycles. The van der Waals surface area contributed by atoms with E-state index in [2.05, 4.69) is 37.9 Å². The molecule has 1 atom stereocenters. The van der Waals surface area contributed by atoms with E-state index in [0.29, 0.717) is 31.6 Å². The zero-order valence-electron chi connectivity index (χ0n) is 13.7. The number of barbiturate groups is 1. The summed E-state index contributed by atoms with van der Waals surface area (Å²) in [5.74, 6) is -1.55. The lowest BCUT2D eigenvalue weighted by Crippen LogP contribution is -2.59. The van der Waals surface area contributed by atoms with Crippen molar-refractivity contribution >= 4 is 17.8 Å². The molecular formula is C15H27N3O3. The van der Waals surface area contributed by atoms with Crippen LogP contribution in [0.15, 0.2) is 0 Å². The van der Waals surface area contributed by atoms with Crippen molar-refractivity contribution in [3.63, 3.8) is 0 Å². The number of amides is 4. The van der Waals surface area contributed by atoms with Gasteiger partial charge in [0.25, 0.3) is 0 Å². The van der Waals surface area contributed by atoms with Crippen LogP contribution in [0.5, 0.6) is 0 Å². The zero-order valence-corrected chi connectivity index (χ0v) is 13.7. The van der Waals surface area contributed by atoms with Crippen molar-refractivity contribution in [2.24, 2.45) is 5.92 Å². The number of hydrogen-bond acceptors (Lipinski definition) is 4. The maximum absolute atomic E-state index is 12.3. The Morgan fingerprint density at radius 3 is 2.19 bits per heavy atom. The molecule has 120 valence electrons. The van der Waals surface area contributed by atoms with Crippen molar-refractivity contribution in [3.8, 4) is 0 Å². The van der Waals surface area contributed by atoms with Crippen molar-refractivity contribution in [2.75, 3.05) is 13.1 Å². The van der Waals surface area contributed by atoms with Crippen LogP contribution in [0.25, 0.3) is 0 Å². The average molecular weight is 297 g/mol. The third-order valence-electron chi connectivity index (χ3n) is 3.84. The molecule has 6 heteroatoms. The minimum absolute atomic E-state index is 0.314. The predicted octanol–water partition coefficient (Wildman–Crippen LogP) is 1.60. The summed E-state index contributed by atoms with van der Waals surface area (Å²) in [7, 11) is 0. The van der Waals surface area contributed by atoms with Gasteiger partial charge in [-0.15, -0.1) is 0 Å².